The van der Waals surface area contributed by atoms with Crippen LogP contribution >= 0.6 is 23.1 Å². The van der Waals surface area contributed by atoms with Crippen LogP contribution in [0.2, 0.25) is 0 Å². The fourth-order valence-corrected chi connectivity index (χ4v) is 4.69. The molecule has 4 aromatic rings. The van der Waals surface area contributed by atoms with Crippen molar-refractivity contribution in [1.29, 1.82) is 0 Å². The first-order valence-electron chi connectivity index (χ1n) is 9.19. The number of carbonyl (C=O) groups excluding carboxylic acids is 1. The number of hydrogen-bond acceptors (Lipinski definition) is 5. The maximum atomic E-state index is 13.5. The molecule has 5 nitrogen and oxygen atoms in total. The van der Waals surface area contributed by atoms with Gasteiger partial charge in [0.1, 0.15) is 11.6 Å². The second-order valence-corrected chi connectivity index (χ2v) is 8.68. The van der Waals surface area contributed by atoms with E-state index in [0.29, 0.717) is 22.9 Å². The number of thiazole rings is 1. The number of carbonyl (C=O) groups is 1. The molecule has 0 spiro atoms. The van der Waals surface area contributed by atoms with Gasteiger partial charge in [0.15, 0.2) is 0 Å². The van der Waals surface area contributed by atoms with Crippen molar-refractivity contribution < 1.29 is 9.18 Å². The second-order valence-electron chi connectivity index (χ2n) is 6.50. The van der Waals surface area contributed by atoms with E-state index < -0.39 is 0 Å². The molecule has 0 radical (unpaired) electrons. The molecule has 0 saturated heterocycles. The number of rotatable bonds is 7. The topological polar surface area (TPSA) is 59.8 Å². The van der Waals surface area contributed by atoms with E-state index in [1.165, 1.54) is 28.4 Å². The van der Waals surface area contributed by atoms with Crippen molar-refractivity contribution >= 4 is 45.0 Å². The second kappa shape index (κ2) is 8.75. The quantitative estimate of drug-likeness (QED) is 0.316. The number of anilines is 1. The number of hydrogen-bond donors (Lipinski definition) is 1. The zero-order valence-corrected chi connectivity index (χ0v) is 17.4. The lowest BCUT2D eigenvalue weighted by molar-refractivity contribution is -0.116. The number of halogens is 1. The number of thioether (sulfide) groups is 1. The molecule has 4 rings (SSSR count). The molecular weight excluding hydrogens is 407 g/mol. The molecule has 0 saturated carbocycles. The van der Waals surface area contributed by atoms with Crippen LogP contribution in [0.3, 0.4) is 0 Å². The first-order chi connectivity index (χ1) is 14.1. The minimum Gasteiger partial charge on any atom is -0.311 e. The molecule has 0 bridgehead atoms. The molecule has 2 aromatic carbocycles. The minimum atomic E-state index is -0.300. The van der Waals surface area contributed by atoms with Crippen LogP contribution in [0.1, 0.15) is 18.5 Å². The van der Waals surface area contributed by atoms with Crippen LogP contribution in [0.5, 0.6) is 0 Å². The van der Waals surface area contributed by atoms with Gasteiger partial charge in [0.25, 0.3) is 0 Å². The smallest absolute Gasteiger partial charge is 0.225 e. The van der Waals surface area contributed by atoms with Crippen LogP contribution in [0.25, 0.3) is 15.3 Å². The molecule has 0 aliphatic carbocycles. The Kier molecular flexibility index (Phi) is 5.92. The van der Waals surface area contributed by atoms with Crippen LogP contribution in [-0.2, 0) is 4.79 Å². The van der Waals surface area contributed by atoms with E-state index >= 15 is 0 Å². The minimum absolute atomic E-state index is 0.0630. The van der Waals surface area contributed by atoms with E-state index in [-0.39, 0.29) is 11.7 Å². The molecule has 0 fully saturated rings. The standard InChI is InChI=1S/C21H19FN4OS2/c1-14-12-19(24-20(27)8-5-11-28-16-6-3-2-4-7-16)26(25-14)21-23-17-10-9-15(22)13-18(17)29-21/h2-4,6-7,9-10,12-13H,5,8,11H2,1H3,(H,24,27). The number of nitrogens with zero attached hydrogens (tertiary/aromatic N) is 3. The average molecular weight is 427 g/mol. The highest BCUT2D eigenvalue weighted by Crippen LogP contribution is 2.28. The van der Waals surface area contributed by atoms with Crippen LogP contribution < -0.4 is 5.32 Å². The van der Waals surface area contributed by atoms with Gasteiger partial charge in [-0.15, -0.1) is 11.8 Å². The Bertz CT molecular complexity index is 1140. The Balaban J connectivity index is 1.40. The zero-order chi connectivity index (χ0) is 20.2. The Labute approximate surface area is 176 Å². The summed E-state index contributed by atoms with van der Waals surface area (Å²) >= 11 is 3.07. The molecule has 0 aliphatic heterocycles. The third kappa shape index (κ3) is 4.83. The molecule has 8 heteroatoms. The summed E-state index contributed by atoms with van der Waals surface area (Å²) < 4.78 is 15.8. The van der Waals surface area contributed by atoms with Gasteiger partial charge in [0.05, 0.1) is 15.9 Å². The van der Waals surface area contributed by atoms with E-state index in [1.807, 2.05) is 31.2 Å². The fraction of sp³-hybridized carbons (Fsp3) is 0.190. The van der Waals surface area contributed by atoms with Gasteiger partial charge in [-0.2, -0.15) is 9.78 Å². The molecule has 1 N–H and O–H groups in total. The number of aromatic nitrogens is 3. The molecule has 2 heterocycles. The maximum Gasteiger partial charge on any atom is 0.225 e. The normalized spacial score (nSPS) is 11.1. The van der Waals surface area contributed by atoms with Crippen LogP contribution in [0, 0.1) is 12.7 Å². The summed E-state index contributed by atoms with van der Waals surface area (Å²) in [7, 11) is 0. The van der Waals surface area contributed by atoms with E-state index in [0.717, 1.165) is 22.6 Å². The van der Waals surface area contributed by atoms with Gasteiger partial charge < -0.3 is 5.32 Å². The highest BCUT2D eigenvalue weighted by Gasteiger charge is 2.14. The van der Waals surface area contributed by atoms with E-state index in [1.54, 1.807) is 22.5 Å². The Morgan fingerprint density at radius 3 is 2.86 bits per heavy atom. The van der Waals surface area contributed by atoms with Crippen LogP contribution in [0.15, 0.2) is 59.5 Å². The van der Waals surface area contributed by atoms with Crippen LogP contribution in [-0.4, -0.2) is 26.4 Å². The summed E-state index contributed by atoms with van der Waals surface area (Å²) in [4.78, 5) is 18.1. The molecule has 29 heavy (non-hydrogen) atoms. The van der Waals surface area contributed by atoms with Gasteiger partial charge in [0.2, 0.25) is 11.0 Å². The predicted octanol–water partition coefficient (Wildman–Crippen LogP) is 5.44. The van der Waals surface area contributed by atoms with Gasteiger partial charge in [-0.25, -0.2) is 9.37 Å². The summed E-state index contributed by atoms with van der Waals surface area (Å²) in [6.45, 7) is 1.86. The SMILES string of the molecule is Cc1cc(NC(=O)CCCSc2ccccc2)n(-c2nc3ccc(F)cc3s2)n1. The first-order valence-corrected chi connectivity index (χ1v) is 11.0. The highest BCUT2D eigenvalue weighted by atomic mass is 32.2. The number of aryl methyl sites for hydroxylation is 1. The molecular formula is C21H19FN4OS2. The van der Waals surface area contributed by atoms with Gasteiger partial charge in [0, 0.05) is 17.4 Å². The van der Waals surface area contributed by atoms with Crippen LogP contribution in [0.4, 0.5) is 10.2 Å². The fourth-order valence-electron chi connectivity index (χ4n) is 2.86. The molecule has 1 amide bonds. The van der Waals surface area contributed by atoms with Gasteiger partial charge in [-0.05, 0) is 49.4 Å². The van der Waals surface area contributed by atoms with Crippen molar-refractivity contribution in [2.75, 3.05) is 11.1 Å². The summed E-state index contributed by atoms with van der Waals surface area (Å²) in [5.41, 5.74) is 1.47. The van der Waals surface area contributed by atoms with Gasteiger partial charge in [-0.3, -0.25) is 4.79 Å². The van der Waals surface area contributed by atoms with E-state index in [2.05, 4.69) is 27.5 Å². The summed E-state index contributed by atoms with van der Waals surface area (Å²) in [6, 6.07) is 16.4. The van der Waals surface area contributed by atoms with Gasteiger partial charge in [-0.1, -0.05) is 29.5 Å². The van der Waals surface area contributed by atoms with Gasteiger partial charge >= 0.3 is 0 Å². The lowest BCUT2D eigenvalue weighted by Crippen LogP contribution is -2.14. The highest BCUT2D eigenvalue weighted by molar-refractivity contribution is 7.99. The zero-order valence-electron chi connectivity index (χ0n) is 15.8. The third-order valence-corrected chi connectivity index (χ3v) is 6.27. The van der Waals surface area contributed by atoms with E-state index in [9.17, 15) is 9.18 Å². The number of amides is 1. The molecule has 0 aliphatic rings. The van der Waals surface area contributed by atoms with Crippen molar-refractivity contribution in [3.05, 3.63) is 66.1 Å². The molecule has 0 unspecified atom stereocenters. The Morgan fingerprint density at radius 2 is 2.03 bits per heavy atom. The van der Waals surface area contributed by atoms with Crippen molar-refractivity contribution in [1.82, 2.24) is 14.8 Å². The lowest BCUT2D eigenvalue weighted by atomic mass is 10.3. The monoisotopic (exact) mass is 426 g/mol. The van der Waals surface area contributed by atoms with Crippen molar-refractivity contribution in [3.8, 4) is 5.13 Å². The molecule has 2 aromatic heterocycles. The summed E-state index contributed by atoms with van der Waals surface area (Å²) in [5.74, 6) is 1.08. The number of nitrogens with one attached hydrogen (secondary N) is 1. The first kappa shape index (κ1) is 19.6. The van der Waals surface area contributed by atoms with Crippen molar-refractivity contribution in [2.45, 2.75) is 24.7 Å². The molecule has 148 valence electrons. The lowest BCUT2D eigenvalue weighted by Gasteiger charge is -2.06. The largest absolute Gasteiger partial charge is 0.311 e. The Hall–Kier alpha value is -2.71. The summed E-state index contributed by atoms with van der Waals surface area (Å²) in [5, 5.41) is 7.96. The average Bonchev–Trinajstić information content (AvgIpc) is 3.28. The van der Waals surface area contributed by atoms with E-state index in [4.69, 9.17) is 0 Å². The number of fused-ring (bicyclic) bond motifs is 1. The maximum absolute atomic E-state index is 13.5. The number of benzene rings is 2. The molecule has 0 atom stereocenters. The summed E-state index contributed by atoms with van der Waals surface area (Å²) in [6.07, 6.45) is 1.20. The van der Waals surface area contributed by atoms with Crippen molar-refractivity contribution in [2.24, 2.45) is 0 Å². The van der Waals surface area contributed by atoms with Crippen molar-refractivity contribution in [3.63, 3.8) is 0 Å². The Morgan fingerprint density at radius 1 is 1.21 bits per heavy atom. The predicted molar refractivity (Wildman–Crippen MR) is 116 cm³/mol. The third-order valence-electron chi connectivity index (χ3n) is 4.18.